The van der Waals surface area contributed by atoms with Crippen LogP contribution < -0.4 is 0 Å². The number of hydrogen-bond acceptors (Lipinski definition) is 4. The highest BCUT2D eigenvalue weighted by atomic mass is 35.5. The summed E-state index contributed by atoms with van der Waals surface area (Å²) in [6, 6.07) is 3.62. The SMILES string of the molecule is O=C(c1cnsn1)c1cc(F)ccc1Cl. The largest absolute Gasteiger partial charge is 0.287 e. The van der Waals surface area contributed by atoms with Crippen molar-refractivity contribution in [1.82, 2.24) is 8.75 Å². The van der Waals surface area contributed by atoms with E-state index >= 15 is 0 Å². The Labute approximate surface area is 93.8 Å². The van der Waals surface area contributed by atoms with E-state index in [9.17, 15) is 9.18 Å². The van der Waals surface area contributed by atoms with E-state index in [1.165, 1.54) is 18.3 Å². The summed E-state index contributed by atoms with van der Waals surface area (Å²) in [5.74, 6) is -0.931. The maximum absolute atomic E-state index is 12.9. The Morgan fingerprint density at radius 3 is 2.93 bits per heavy atom. The number of aromatic nitrogens is 2. The van der Waals surface area contributed by atoms with Crippen LogP contribution in [0.15, 0.2) is 24.4 Å². The van der Waals surface area contributed by atoms with Gasteiger partial charge in [-0.25, -0.2) is 4.39 Å². The first-order valence-corrected chi connectivity index (χ1v) is 5.06. The van der Waals surface area contributed by atoms with Crippen LogP contribution in [0.2, 0.25) is 5.02 Å². The van der Waals surface area contributed by atoms with E-state index in [0.29, 0.717) is 0 Å². The molecular formula is C9H4ClFN2OS. The van der Waals surface area contributed by atoms with Crippen LogP contribution in [-0.4, -0.2) is 14.5 Å². The smallest absolute Gasteiger partial charge is 0.215 e. The minimum atomic E-state index is -0.508. The average Bonchev–Trinajstić information content (AvgIpc) is 2.74. The highest BCUT2D eigenvalue weighted by Gasteiger charge is 2.15. The van der Waals surface area contributed by atoms with E-state index in [4.69, 9.17) is 11.6 Å². The van der Waals surface area contributed by atoms with Crippen LogP contribution in [0.3, 0.4) is 0 Å². The lowest BCUT2D eigenvalue weighted by atomic mass is 10.1. The van der Waals surface area contributed by atoms with Crippen LogP contribution in [0.1, 0.15) is 16.1 Å². The zero-order valence-corrected chi connectivity index (χ0v) is 8.85. The molecule has 0 unspecified atom stereocenters. The van der Waals surface area contributed by atoms with Crippen molar-refractivity contribution in [2.45, 2.75) is 0 Å². The van der Waals surface area contributed by atoms with Gasteiger partial charge in [0.25, 0.3) is 0 Å². The van der Waals surface area contributed by atoms with Crippen molar-refractivity contribution in [2.24, 2.45) is 0 Å². The Morgan fingerprint density at radius 2 is 2.27 bits per heavy atom. The van der Waals surface area contributed by atoms with Crippen LogP contribution in [-0.2, 0) is 0 Å². The predicted molar refractivity (Wildman–Crippen MR) is 54.8 cm³/mol. The van der Waals surface area contributed by atoms with Gasteiger partial charge in [0.05, 0.1) is 22.9 Å². The highest BCUT2D eigenvalue weighted by molar-refractivity contribution is 6.99. The van der Waals surface area contributed by atoms with Gasteiger partial charge in [0, 0.05) is 5.56 Å². The molecule has 2 rings (SSSR count). The minimum absolute atomic E-state index is 0.101. The van der Waals surface area contributed by atoms with Crippen molar-refractivity contribution in [3.8, 4) is 0 Å². The lowest BCUT2D eigenvalue weighted by molar-refractivity contribution is 0.103. The Morgan fingerprint density at radius 1 is 1.47 bits per heavy atom. The predicted octanol–water partition coefficient (Wildman–Crippen LogP) is 2.56. The molecule has 0 amide bonds. The van der Waals surface area contributed by atoms with E-state index in [-0.39, 0.29) is 16.3 Å². The van der Waals surface area contributed by atoms with Crippen molar-refractivity contribution >= 4 is 29.1 Å². The summed E-state index contributed by atoms with van der Waals surface area (Å²) in [4.78, 5) is 11.7. The second kappa shape index (κ2) is 4.04. The molecular weight excluding hydrogens is 239 g/mol. The molecule has 76 valence electrons. The van der Waals surface area contributed by atoms with Gasteiger partial charge < -0.3 is 0 Å². The normalized spacial score (nSPS) is 10.3. The van der Waals surface area contributed by atoms with Crippen molar-refractivity contribution in [2.75, 3.05) is 0 Å². The Kier molecular flexibility index (Phi) is 2.75. The number of nitrogens with zero attached hydrogens (tertiary/aromatic N) is 2. The van der Waals surface area contributed by atoms with Gasteiger partial charge in [0.1, 0.15) is 11.5 Å². The summed E-state index contributed by atoms with van der Waals surface area (Å²) in [5.41, 5.74) is 0.275. The molecule has 0 radical (unpaired) electrons. The molecule has 1 aromatic heterocycles. The molecule has 0 saturated heterocycles. The van der Waals surface area contributed by atoms with Gasteiger partial charge in [0.15, 0.2) is 0 Å². The zero-order chi connectivity index (χ0) is 10.8. The molecule has 1 aromatic carbocycles. The van der Waals surface area contributed by atoms with Gasteiger partial charge in [-0.3, -0.25) is 4.79 Å². The second-order valence-electron chi connectivity index (χ2n) is 2.75. The minimum Gasteiger partial charge on any atom is -0.287 e. The number of halogens is 2. The fourth-order valence-corrected chi connectivity index (χ4v) is 1.69. The van der Waals surface area contributed by atoms with Gasteiger partial charge in [0.2, 0.25) is 5.78 Å². The van der Waals surface area contributed by atoms with E-state index in [1.807, 2.05) is 0 Å². The maximum Gasteiger partial charge on any atom is 0.215 e. The van der Waals surface area contributed by atoms with E-state index in [1.54, 1.807) is 0 Å². The number of benzene rings is 1. The van der Waals surface area contributed by atoms with Crippen molar-refractivity contribution in [1.29, 1.82) is 0 Å². The molecule has 0 bridgehead atoms. The molecule has 2 aromatic rings. The topological polar surface area (TPSA) is 42.9 Å². The molecule has 6 heteroatoms. The van der Waals surface area contributed by atoms with Gasteiger partial charge in [-0.2, -0.15) is 8.75 Å². The lowest BCUT2D eigenvalue weighted by Crippen LogP contribution is -2.02. The molecule has 0 aliphatic rings. The summed E-state index contributed by atoms with van der Waals surface area (Å²) < 4.78 is 20.4. The molecule has 0 atom stereocenters. The second-order valence-corrected chi connectivity index (χ2v) is 3.71. The molecule has 3 nitrogen and oxygen atoms in total. The molecule has 0 saturated carbocycles. The van der Waals surface area contributed by atoms with Crippen LogP contribution in [0.4, 0.5) is 4.39 Å². The van der Waals surface area contributed by atoms with Gasteiger partial charge in [-0.15, -0.1) is 0 Å². The zero-order valence-electron chi connectivity index (χ0n) is 7.28. The number of rotatable bonds is 2. The molecule has 0 fully saturated rings. The summed E-state index contributed by atoms with van der Waals surface area (Å²) in [5, 5.41) is 0.203. The van der Waals surface area contributed by atoms with Crippen LogP contribution in [0.25, 0.3) is 0 Å². The Balaban J connectivity index is 2.46. The summed E-state index contributed by atoms with van der Waals surface area (Å²) in [6.45, 7) is 0. The number of ketones is 1. The number of hydrogen-bond donors (Lipinski definition) is 0. The molecule has 1 heterocycles. The Bertz CT molecular complexity index is 501. The monoisotopic (exact) mass is 242 g/mol. The molecule has 15 heavy (non-hydrogen) atoms. The van der Waals surface area contributed by atoms with E-state index in [0.717, 1.165) is 17.8 Å². The van der Waals surface area contributed by atoms with E-state index in [2.05, 4.69) is 8.75 Å². The molecule has 0 aliphatic heterocycles. The van der Waals surface area contributed by atoms with Crippen LogP contribution in [0, 0.1) is 5.82 Å². The van der Waals surface area contributed by atoms with Crippen molar-refractivity contribution in [3.63, 3.8) is 0 Å². The number of carbonyl (C=O) groups is 1. The van der Waals surface area contributed by atoms with E-state index < -0.39 is 11.6 Å². The lowest BCUT2D eigenvalue weighted by Gasteiger charge is -2.00. The Hall–Kier alpha value is -1.33. The fourth-order valence-electron chi connectivity index (χ4n) is 1.07. The van der Waals surface area contributed by atoms with Gasteiger partial charge in [-0.05, 0) is 18.2 Å². The first kappa shape index (κ1) is 10.2. The van der Waals surface area contributed by atoms with Crippen LogP contribution >= 0.6 is 23.3 Å². The van der Waals surface area contributed by atoms with Crippen molar-refractivity contribution in [3.05, 3.63) is 46.5 Å². The number of carbonyl (C=O) groups excluding carboxylic acids is 1. The van der Waals surface area contributed by atoms with Crippen LogP contribution in [0.5, 0.6) is 0 Å². The van der Waals surface area contributed by atoms with Gasteiger partial charge in [-0.1, -0.05) is 11.6 Å². The fraction of sp³-hybridized carbons (Fsp3) is 0. The molecule has 0 aliphatic carbocycles. The highest BCUT2D eigenvalue weighted by Crippen LogP contribution is 2.19. The molecule has 0 N–H and O–H groups in total. The van der Waals surface area contributed by atoms with Crippen molar-refractivity contribution < 1.29 is 9.18 Å². The van der Waals surface area contributed by atoms with Gasteiger partial charge >= 0.3 is 0 Å². The summed E-state index contributed by atoms with van der Waals surface area (Å²) >= 11 is 6.69. The molecule has 0 spiro atoms. The third-order valence-corrected chi connectivity index (χ3v) is 2.57. The standard InChI is InChI=1S/C9H4ClFN2OS/c10-7-2-1-5(11)3-6(7)9(14)8-4-12-15-13-8/h1-4H. The third-order valence-electron chi connectivity index (χ3n) is 1.77. The first-order valence-electron chi connectivity index (χ1n) is 3.96. The summed E-state index contributed by atoms with van der Waals surface area (Å²) in [6.07, 6.45) is 1.33. The summed E-state index contributed by atoms with van der Waals surface area (Å²) in [7, 11) is 0. The average molecular weight is 243 g/mol. The quantitative estimate of drug-likeness (QED) is 0.760. The third kappa shape index (κ3) is 2.03. The maximum atomic E-state index is 12.9. The first-order chi connectivity index (χ1) is 7.18.